The van der Waals surface area contributed by atoms with Crippen LogP contribution in [-0.2, 0) is 7.05 Å². The second-order valence-electron chi connectivity index (χ2n) is 4.24. The van der Waals surface area contributed by atoms with Crippen LogP contribution in [0, 0.1) is 0 Å². The van der Waals surface area contributed by atoms with E-state index in [-0.39, 0.29) is 0 Å². The van der Waals surface area contributed by atoms with Gasteiger partial charge in [-0.25, -0.2) is 0 Å². The van der Waals surface area contributed by atoms with Crippen molar-refractivity contribution in [3.63, 3.8) is 0 Å². The van der Waals surface area contributed by atoms with Crippen LogP contribution in [0.25, 0.3) is 11.1 Å². The molecule has 2 nitrogen and oxygen atoms in total. The first kappa shape index (κ1) is 12.1. The zero-order chi connectivity index (χ0) is 12.4. The molecule has 2 aromatic rings. The highest BCUT2D eigenvalue weighted by atomic mass is 32.2. The van der Waals surface area contributed by atoms with Crippen molar-refractivity contribution in [2.24, 2.45) is 7.05 Å². The molecule has 0 amide bonds. The molecular weight excluding hydrogens is 228 g/mol. The topological polar surface area (TPSA) is 8.17 Å². The molecule has 0 saturated carbocycles. The summed E-state index contributed by atoms with van der Waals surface area (Å²) in [6, 6.07) is 12.8. The average Bonchev–Trinajstić information content (AvgIpc) is 2.67. The molecule has 0 aliphatic rings. The molecule has 0 saturated heterocycles. The van der Waals surface area contributed by atoms with Crippen molar-refractivity contribution in [1.29, 1.82) is 0 Å². The smallest absolute Gasteiger partial charge is 0.109 e. The third-order valence-electron chi connectivity index (χ3n) is 2.89. The molecule has 0 aliphatic carbocycles. The average molecular weight is 246 g/mol. The minimum atomic E-state index is 1.23. The second kappa shape index (κ2) is 4.88. The molecule has 0 atom stereocenters. The maximum atomic E-state index is 2.25. The van der Waals surface area contributed by atoms with Crippen molar-refractivity contribution in [2.45, 2.75) is 5.03 Å². The lowest BCUT2D eigenvalue weighted by Crippen LogP contribution is -2.12. The summed E-state index contributed by atoms with van der Waals surface area (Å²) in [4.78, 5) is 2.14. The molecule has 17 heavy (non-hydrogen) atoms. The Bertz CT molecular complexity index is 500. The number of aromatic nitrogens is 1. The van der Waals surface area contributed by atoms with Crippen LogP contribution in [0.1, 0.15) is 0 Å². The van der Waals surface area contributed by atoms with Gasteiger partial charge in [-0.05, 0) is 17.9 Å². The standard InChI is InChI=1S/C14H18N2S/c1-15(2)13-10-12(14(17-4)16(13)3)11-8-6-5-7-9-11/h5-10H,1-4H3. The van der Waals surface area contributed by atoms with E-state index in [9.17, 15) is 0 Å². The molecule has 0 unspecified atom stereocenters. The number of benzene rings is 1. The second-order valence-corrected chi connectivity index (χ2v) is 5.04. The number of anilines is 1. The molecule has 0 bridgehead atoms. The van der Waals surface area contributed by atoms with Gasteiger partial charge in [0.25, 0.3) is 0 Å². The first-order chi connectivity index (χ1) is 8.15. The van der Waals surface area contributed by atoms with Gasteiger partial charge < -0.3 is 9.47 Å². The van der Waals surface area contributed by atoms with Gasteiger partial charge in [0.05, 0.1) is 5.03 Å². The number of rotatable bonds is 3. The van der Waals surface area contributed by atoms with E-state index in [4.69, 9.17) is 0 Å². The quantitative estimate of drug-likeness (QED) is 0.766. The summed E-state index contributed by atoms with van der Waals surface area (Å²) in [5.74, 6) is 1.23. The van der Waals surface area contributed by atoms with Crippen LogP contribution in [-0.4, -0.2) is 24.9 Å². The maximum Gasteiger partial charge on any atom is 0.109 e. The van der Waals surface area contributed by atoms with Crippen LogP contribution >= 0.6 is 11.8 Å². The van der Waals surface area contributed by atoms with Crippen molar-refractivity contribution in [3.8, 4) is 11.1 Å². The SMILES string of the molecule is CSc1c(-c2ccccc2)cc(N(C)C)n1C. The van der Waals surface area contributed by atoms with Crippen molar-refractivity contribution < 1.29 is 0 Å². The lowest BCUT2D eigenvalue weighted by molar-refractivity contribution is 0.810. The van der Waals surface area contributed by atoms with Crippen molar-refractivity contribution in [1.82, 2.24) is 4.57 Å². The van der Waals surface area contributed by atoms with E-state index >= 15 is 0 Å². The molecule has 0 N–H and O–H groups in total. The van der Waals surface area contributed by atoms with Crippen molar-refractivity contribution in [3.05, 3.63) is 36.4 Å². The van der Waals surface area contributed by atoms with Crippen LogP contribution < -0.4 is 4.90 Å². The summed E-state index contributed by atoms with van der Waals surface area (Å²) in [6.07, 6.45) is 2.13. The van der Waals surface area contributed by atoms with Crippen LogP contribution in [0.5, 0.6) is 0 Å². The molecule has 0 radical (unpaired) electrons. The van der Waals surface area contributed by atoms with Crippen LogP contribution in [0.4, 0.5) is 5.82 Å². The molecule has 2 rings (SSSR count). The number of hydrogen-bond donors (Lipinski definition) is 0. The molecule has 0 aliphatic heterocycles. The summed E-state index contributed by atoms with van der Waals surface area (Å²) in [5.41, 5.74) is 2.59. The van der Waals surface area contributed by atoms with Crippen molar-refractivity contribution in [2.75, 3.05) is 25.3 Å². The van der Waals surface area contributed by atoms with Gasteiger partial charge in [-0.1, -0.05) is 30.3 Å². The van der Waals surface area contributed by atoms with Crippen LogP contribution in [0.3, 0.4) is 0 Å². The zero-order valence-electron chi connectivity index (χ0n) is 10.8. The van der Waals surface area contributed by atoms with Gasteiger partial charge in [0.15, 0.2) is 0 Å². The molecule has 90 valence electrons. The first-order valence-electron chi connectivity index (χ1n) is 5.61. The van der Waals surface area contributed by atoms with E-state index in [1.807, 2.05) is 0 Å². The highest BCUT2D eigenvalue weighted by Gasteiger charge is 2.14. The molecule has 0 spiro atoms. The van der Waals surface area contributed by atoms with Gasteiger partial charge in [-0.2, -0.15) is 0 Å². The fourth-order valence-corrected chi connectivity index (χ4v) is 2.84. The largest absolute Gasteiger partial charge is 0.364 e. The summed E-state index contributed by atoms with van der Waals surface area (Å²) in [6.45, 7) is 0. The van der Waals surface area contributed by atoms with Crippen LogP contribution in [0.2, 0.25) is 0 Å². The highest BCUT2D eigenvalue weighted by molar-refractivity contribution is 7.98. The predicted octanol–water partition coefficient (Wildman–Crippen LogP) is 3.48. The lowest BCUT2D eigenvalue weighted by atomic mass is 10.1. The van der Waals surface area contributed by atoms with Crippen molar-refractivity contribution >= 4 is 17.6 Å². The van der Waals surface area contributed by atoms with Gasteiger partial charge in [-0.15, -0.1) is 11.8 Å². The molecule has 1 aromatic carbocycles. The van der Waals surface area contributed by atoms with Crippen LogP contribution in [0.15, 0.2) is 41.4 Å². The molecule has 3 heteroatoms. The highest BCUT2D eigenvalue weighted by Crippen LogP contribution is 2.35. The summed E-state index contributed by atoms with van der Waals surface area (Å²) >= 11 is 1.79. The summed E-state index contributed by atoms with van der Waals surface area (Å²) < 4.78 is 2.24. The molecule has 0 fully saturated rings. The summed E-state index contributed by atoms with van der Waals surface area (Å²) in [5, 5.41) is 1.31. The zero-order valence-corrected chi connectivity index (χ0v) is 11.6. The third kappa shape index (κ3) is 2.20. The van der Waals surface area contributed by atoms with Gasteiger partial charge in [0.1, 0.15) is 5.82 Å². The lowest BCUT2D eigenvalue weighted by Gasteiger charge is -2.13. The Hall–Kier alpha value is -1.35. The Labute approximate surface area is 107 Å². The predicted molar refractivity (Wildman–Crippen MR) is 77.0 cm³/mol. The van der Waals surface area contributed by atoms with E-state index in [0.29, 0.717) is 0 Å². The maximum absolute atomic E-state index is 2.25. The van der Waals surface area contributed by atoms with Gasteiger partial charge in [-0.3, -0.25) is 0 Å². The Morgan fingerprint density at radius 2 is 1.76 bits per heavy atom. The molecular formula is C14H18N2S. The minimum Gasteiger partial charge on any atom is -0.364 e. The molecule has 1 heterocycles. The first-order valence-corrected chi connectivity index (χ1v) is 6.84. The van der Waals surface area contributed by atoms with E-state index in [1.165, 1.54) is 22.0 Å². The van der Waals surface area contributed by atoms with E-state index < -0.39 is 0 Å². The fourth-order valence-electron chi connectivity index (χ4n) is 2.07. The minimum absolute atomic E-state index is 1.23. The Kier molecular flexibility index (Phi) is 3.48. The van der Waals surface area contributed by atoms with E-state index in [1.54, 1.807) is 11.8 Å². The monoisotopic (exact) mass is 246 g/mol. The Morgan fingerprint density at radius 3 is 2.29 bits per heavy atom. The molecule has 1 aromatic heterocycles. The van der Waals surface area contributed by atoms with Gasteiger partial charge in [0.2, 0.25) is 0 Å². The van der Waals surface area contributed by atoms with Gasteiger partial charge in [0, 0.05) is 26.7 Å². The third-order valence-corrected chi connectivity index (χ3v) is 3.77. The number of thioether (sulfide) groups is 1. The number of hydrogen-bond acceptors (Lipinski definition) is 2. The summed E-state index contributed by atoms with van der Waals surface area (Å²) in [7, 11) is 6.27. The normalized spacial score (nSPS) is 10.6. The fraction of sp³-hybridized carbons (Fsp3) is 0.286. The van der Waals surface area contributed by atoms with E-state index in [0.717, 1.165) is 0 Å². The van der Waals surface area contributed by atoms with E-state index in [2.05, 4.69) is 73.3 Å². The number of nitrogens with zero attached hydrogens (tertiary/aromatic N) is 2. The van der Waals surface area contributed by atoms with Gasteiger partial charge >= 0.3 is 0 Å². The Balaban J connectivity index is 2.58. The Morgan fingerprint density at radius 1 is 1.12 bits per heavy atom.